The van der Waals surface area contributed by atoms with Crippen LogP contribution in [0.15, 0.2) is 36.5 Å². The Balaban J connectivity index is 2.06. The summed E-state index contributed by atoms with van der Waals surface area (Å²) in [5.74, 6) is 1.80. The molecule has 0 fully saturated rings. The van der Waals surface area contributed by atoms with E-state index in [4.69, 9.17) is 4.74 Å². The molecule has 0 saturated heterocycles. The van der Waals surface area contributed by atoms with Crippen molar-refractivity contribution in [3.8, 4) is 11.5 Å². The minimum Gasteiger partial charge on any atom is -0.507 e. The zero-order chi connectivity index (χ0) is 13.0. The van der Waals surface area contributed by atoms with Crippen molar-refractivity contribution in [2.75, 3.05) is 12.4 Å². The molecule has 4 nitrogen and oxygen atoms in total. The fourth-order valence-corrected chi connectivity index (χ4v) is 1.69. The molecule has 0 amide bonds. The van der Waals surface area contributed by atoms with Crippen LogP contribution in [0.3, 0.4) is 0 Å². The van der Waals surface area contributed by atoms with Crippen molar-refractivity contribution in [1.29, 1.82) is 0 Å². The van der Waals surface area contributed by atoms with Crippen LogP contribution in [-0.4, -0.2) is 12.2 Å². The number of benzene rings is 1. The quantitative estimate of drug-likeness (QED) is 0.867. The van der Waals surface area contributed by atoms with Gasteiger partial charge in [0, 0.05) is 17.7 Å². The molecule has 2 rings (SSSR count). The van der Waals surface area contributed by atoms with Crippen LogP contribution >= 0.6 is 0 Å². The topological polar surface area (TPSA) is 55.6 Å². The summed E-state index contributed by atoms with van der Waals surface area (Å²) in [6.07, 6.45) is 1.88. The molecule has 0 atom stereocenters. The number of nitrogens with one attached hydrogen (secondary N) is 2. The second-order valence-corrected chi connectivity index (χ2v) is 4.13. The number of aromatic hydroxyl groups is 1. The van der Waals surface area contributed by atoms with Gasteiger partial charge in [0.2, 0.25) is 0 Å². The highest BCUT2D eigenvalue weighted by molar-refractivity contribution is 5.42. The predicted molar refractivity (Wildman–Crippen MR) is 69.7 cm³/mol. The second-order valence-electron chi connectivity index (χ2n) is 4.13. The van der Waals surface area contributed by atoms with Crippen molar-refractivity contribution < 1.29 is 14.8 Å². The van der Waals surface area contributed by atoms with Crippen molar-refractivity contribution >= 4 is 5.82 Å². The number of pyridine rings is 1. The molecule has 0 saturated carbocycles. The number of phenols is 1. The van der Waals surface area contributed by atoms with Crippen molar-refractivity contribution in [3.63, 3.8) is 0 Å². The van der Waals surface area contributed by atoms with Gasteiger partial charge in [-0.2, -0.15) is 0 Å². The van der Waals surface area contributed by atoms with E-state index in [1.165, 1.54) is 5.56 Å². The number of aromatic nitrogens is 1. The third-order valence-electron chi connectivity index (χ3n) is 2.72. The van der Waals surface area contributed by atoms with E-state index >= 15 is 0 Å². The minimum absolute atomic E-state index is 0.231. The van der Waals surface area contributed by atoms with Crippen LogP contribution in [-0.2, 0) is 6.54 Å². The van der Waals surface area contributed by atoms with E-state index in [0.29, 0.717) is 12.3 Å². The van der Waals surface area contributed by atoms with Crippen molar-refractivity contribution in [2.45, 2.75) is 13.5 Å². The molecule has 0 radical (unpaired) electrons. The van der Waals surface area contributed by atoms with Gasteiger partial charge in [0.15, 0.2) is 0 Å². The number of aryl methyl sites for hydroxylation is 1. The van der Waals surface area contributed by atoms with Crippen LogP contribution < -0.4 is 15.0 Å². The van der Waals surface area contributed by atoms with E-state index in [1.807, 2.05) is 37.4 Å². The molecular weight excluding hydrogens is 228 g/mol. The molecule has 0 spiro atoms. The van der Waals surface area contributed by atoms with Gasteiger partial charge < -0.3 is 9.84 Å². The van der Waals surface area contributed by atoms with Crippen LogP contribution in [0.2, 0.25) is 0 Å². The average Bonchev–Trinajstić information content (AvgIpc) is 2.37. The first kappa shape index (κ1) is 12.2. The number of anilines is 1. The Morgan fingerprint density at radius 2 is 2.11 bits per heavy atom. The van der Waals surface area contributed by atoms with E-state index in [0.717, 1.165) is 11.4 Å². The van der Waals surface area contributed by atoms with E-state index in [2.05, 4.69) is 10.3 Å². The number of aromatic amines is 1. The molecule has 94 valence electrons. The van der Waals surface area contributed by atoms with Gasteiger partial charge in [0.25, 0.3) is 5.82 Å². The highest BCUT2D eigenvalue weighted by atomic mass is 16.5. The highest BCUT2D eigenvalue weighted by Gasteiger charge is 2.06. The van der Waals surface area contributed by atoms with Crippen LogP contribution in [0.5, 0.6) is 11.5 Å². The Labute approximate surface area is 106 Å². The number of hydrogen-bond acceptors (Lipinski definition) is 3. The van der Waals surface area contributed by atoms with Crippen LogP contribution in [0.1, 0.15) is 11.1 Å². The second kappa shape index (κ2) is 5.40. The van der Waals surface area contributed by atoms with Crippen molar-refractivity contribution in [3.05, 3.63) is 47.7 Å². The van der Waals surface area contributed by atoms with E-state index < -0.39 is 0 Å². The fraction of sp³-hybridized carbons (Fsp3) is 0.214. The first-order chi connectivity index (χ1) is 8.69. The first-order valence-corrected chi connectivity index (χ1v) is 5.77. The Bertz CT molecular complexity index is 541. The summed E-state index contributed by atoms with van der Waals surface area (Å²) in [5.41, 5.74) is 2.00. The van der Waals surface area contributed by atoms with E-state index in [1.54, 1.807) is 13.2 Å². The maximum Gasteiger partial charge on any atom is 0.272 e. The van der Waals surface area contributed by atoms with Gasteiger partial charge >= 0.3 is 0 Å². The van der Waals surface area contributed by atoms with Gasteiger partial charge in [-0.05, 0) is 30.7 Å². The molecular formula is C14H17N2O2+. The largest absolute Gasteiger partial charge is 0.507 e. The van der Waals surface area contributed by atoms with Gasteiger partial charge in [0.1, 0.15) is 18.0 Å². The molecule has 0 bridgehead atoms. The van der Waals surface area contributed by atoms with Crippen molar-refractivity contribution in [1.82, 2.24) is 0 Å². The average molecular weight is 245 g/mol. The maximum atomic E-state index is 9.82. The first-order valence-electron chi connectivity index (χ1n) is 5.77. The molecule has 0 unspecified atom stereocenters. The molecule has 4 heteroatoms. The zero-order valence-corrected chi connectivity index (χ0v) is 10.5. The lowest BCUT2D eigenvalue weighted by atomic mass is 10.2. The summed E-state index contributed by atoms with van der Waals surface area (Å²) in [5, 5.41) is 13.0. The summed E-state index contributed by atoms with van der Waals surface area (Å²) < 4.78 is 5.04. The Kier molecular flexibility index (Phi) is 3.67. The minimum atomic E-state index is 0.231. The molecule has 0 aliphatic heterocycles. The van der Waals surface area contributed by atoms with Crippen LogP contribution in [0.25, 0.3) is 0 Å². The molecule has 0 aliphatic carbocycles. The van der Waals surface area contributed by atoms with Gasteiger partial charge in [-0.25, -0.2) is 4.98 Å². The van der Waals surface area contributed by atoms with Gasteiger partial charge in [-0.15, -0.1) is 0 Å². The molecule has 1 aromatic carbocycles. The number of rotatable bonds is 4. The number of H-pyrrole nitrogens is 1. The summed E-state index contributed by atoms with van der Waals surface area (Å²) in [7, 11) is 1.58. The lowest BCUT2D eigenvalue weighted by Crippen LogP contribution is -2.12. The summed E-state index contributed by atoms with van der Waals surface area (Å²) >= 11 is 0. The maximum absolute atomic E-state index is 9.82. The van der Waals surface area contributed by atoms with Gasteiger partial charge in [-0.1, -0.05) is 0 Å². The lowest BCUT2D eigenvalue weighted by Gasteiger charge is -2.05. The van der Waals surface area contributed by atoms with E-state index in [-0.39, 0.29) is 5.75 Å². The summed E-state index contributed by atoms with van der Waals surface area (Å²) in [4.78, 5) is 3.10. The monoisotopic (exact) mass is 245 g/mol. The van der Waals surface area contributed by atoms with Crippen LogP contribution in [0.4, 0.5) is 5.82 Å². The van der Waals surface area contributed by atoms with Gasteiger partial charge in [-0.3, -0.25) is 5.32 Å². The Hall–Kier alpha value is -2.23. The molecule has 1 heterocycles. The smallest absolute Gasteiger partial charge is 0.272 e. The van der Waals surface area contributed by atoms with Gasteiger partial charge in [0.05, 0.1) is 13.3 Å². The number of hydrogen-bond donors (Lipinski definition) is 2. The predicted octanol–water partition coefficient (Wildman–Crippen LogP) is 2.14. The number of ether oxygens (including phenoxy) is 1. The normalized spacial score (nSPS) is 10.1. The van der Waals surface area contributed by atoms with Crippen molar-refractivity contribution in [2.24, 2.45) is 0 Å². The lowest BCUT2D eigenvalue weighted by molar-refractivity contribution is -0.361. The molecule has 0 aliphatic rings. The third kappa shape index (κ3) is 2.91. The van der Waals surface area contributed by atoms with E-state index in [9.17, 15) is 5.11 Å². The standard InChI is InChI=1S/C14H16N2O2/c1-10-5-6-15-14(7-10)16-9-11-3-4-12(18-2)8-13(11)17/h3-8,17H,9H2,1-2H3,(H,15,16)/p+1. The fourth-order valence-electron chi connectivity index (χ4n) is 1.69. The molecule has 2 aromatic rings. The Morgan fingerprint density at radius 1 is 1.28 bits per heavy atom. The third-order valence-corrected chi connectivity index (χ3v) is 2.72. The SMILES string of the molecule is COc1ccc(CNc2cc(C)cc[nH+]2)c(O)c1. The molecule has 3 N–H and O–H groups in total. The summed E-state index contributed by atoms with van der Waals surface area (Å²) in [6.45, 7) is 2.58. The number of methoxy groups -OCH3 is 1. The Morgan fingerprint density at radius 3 is 2.78 bits per heavy atom. The van der Waals surface area contributed by atoms with Crippen LogP contribution in [0, 0.1) is 6.92 Å². The zero-order valence-electron chi connectivity index (χ0n) is 10.5. The molecule has 1 aromatic heterocycles. The highest BCUT2D eigenvalue weighted by Crippen LogP contribution is 2.23. The number of phenolic OH excluding ortho intramolecular Hbond substituents is 1. The molecule has 18 heavy (non-hydrogen) atoms. The summed E-state index contributed by atoms with van der Waals surface area (Å²) in [6, 6.07) is 9.29.